The van der Waals surface area contributed by atoms with Crippen LogP contribution in [0.1, 0.15) is 26.7 Å². The summed E-state index contributed by atoms with van der Waals surface area (Å²) in [6, 6.07) is 0. The molecule has 0 bridgehead atoms. The normalized spacial score (nSPS) is 9.43. The molecule has 1 amide bonds. The highest BCUT2D eigenvalue weighted by atomic mass is 16.1. The summed E-state index contributed by atoms with van der Waals surface area (Å²) in [6.45, 7) is 6.28. The zero-order valence-corrected chi connectivity index (χ0v) is 9.39. The van der Waals surface area contributed by atoms with Gasteiger partial charge in [-0.15, -0.1) is 0 Å². The van der Waals surface area contributed by atoms with Crippen molar-refractivity contribution < 1.29 is 4.79 Å². The van der Waals surface area contributed by atoms with E-state index in [9.17, 15) is 4.79 Å². The van der Waals surface area contributed by atoms with Gasteiger partial charge in [0, 0.05) is 6.42 Å². The van der Waals surface area contributed by atoms with E-state index in [1.807, 2.05) is 14.0 Å². The van der Waals surface area contributed by atoms with Gasteiger partial charge >= 0.3 is 0 Å². The van der Waals surface area contributed by atoms with E-state index < -0.39 is 0 Å². The lowest BCUT2D eigenvalue weighted by Gasteiger charge is -2.10. The number of amides is 1. The summed E-state index contributed by atoms with van der Waals surface area (Å²) in [5.74, 6) is 5.98. The van der Waals surface area contributed by atoms with Crippen molar-refractivity contribution in [3.8, 4) is 11.8 Å². The van der Waals surface area contributed by atoms with Crippen LogP contribution < -0.4 is 5.32 Å². The van der Waals surface area contributed by atoms with Gasteiger partial charge < -0.3 is 5.32 Å². The summed E-state index contributed by atoms with van der Waals surface area (Å²) in [7, 11) is 2.04. The Morgan fingerprint density at radius 1 is 1.36 bits per heavy atom. The Bertz CT molecular complexity index is 215. The Hall–Kier alpha value is -1.01. The van der Waals surface area contributed by atoms with Gasteiger partial charge in [-0.05, 0) is 20.0 Å². The molecular weight excluding hydrogens is 176 g/mol. The molecule has 0 saturated carbocycles. The molecule has 0 aromatic heterocycles. The van der Waals surface area contributed by atoms with Gasteiger partial charge in [0.1, 0.15) is 0 Å². The minimum atomic E-state index is 0.0567. The number of carbonyl (C=O) groups is 1. The standard InChI is InChI=1S/C11H20N2O/c1-4-9-13(3)10-7-6-8-12-11(14)5-2/h4-5,8-10H2,1-3H3,(H,12,14). The van der Waals surface area contributed by atoms with E-state index in [4.69, 9.17) is 0 Å². The molecule has 0 aromatic rings. The first-order chi connectivity index (χ1) is 6.70. The highest BCUT2D eigenvalue weighted by Crippen LogP contribution is 1.83. The van der Waals surface area contributed by atoms with Gasteiger partial charge in [-0.1, -0.05) is 25.7 Å². The first-order valence-electron chi connectivity index (χ1n) is 5.11. The predicted octanol–water partition coefficient (Wildman–Crippen LogP) is 0.858. The molecule has 0 aliphatic rings. The lowest BCUT2D eigenvalue weighted by molar-refractivity contribution is -0.120. The lowest BCUT2D eigenvalue weighted by atomic mass is 10.4. The maximum atomic E-state index is 10.8. The number of hydrogen-bond acceptors (Lipinski definition) is 2. The third kappa shape index (κ3) is 7.63. The highest BCUT2D eigenvalue weighted by molar-refractivity contribution is 5.75. The van der Waals surface area contributed by atoms with Gasteiger partial charge in [-0.3, -0.25) is 9.69 Å². The van der Waals surface area contributed by atoms with Crippen molar-refractivity contribution in [3.63, 3.8) is 0 Å². The van der Waals surface area contributed by atoms with E-state index in [1.54, 1.807) is 0 Å². The minimum absolute atomic E-state index is 0.0567. The first-order valence-corrected chi connectivity index (χ1v) is 5.11. The van der Waals surface area contributed by atoms with E-state index in [1.165, 1.54) is 0 Å². The van der Waals surface area contributed by atoms with Crippen molar-refractivity contribution in [2.24, 2.45) is 0 Å². The number of nitrogens with one attached hydrogen (secondary N) is 1. The van der Waals surface area contributed by atoms with Crippen LogP contribution >= 0.6 is 0 Å². The maximum Gasteiger partial charge on any atom is 0.220 e. The molecule has 80 valence electrons. The number of rotatable bonds is 5. The topological polar surface area (TPSA) is 32.3 Å². The molecular formula is C11H20N2O. The van der Waals surface area contributed by atoms with Gasteiger partial charge in [-0.2, -0.15) is 0 Å². The largest absolute Gasteiger partial charge is 0.345 e. The van der Waals surface area contributed by atoms with Gasteiger partial charge in [-0.25, -0.2) is 0 Å². The Labute approximate surface area is 86.9 Å². The van der Waals surface area contributed by atoms with E-state index >= 15 is 0 Å². The van der Waals surface area contributed by atoms with Crippen LogP contribution in [0, 0.1) is 11.8 Å². The Balaban J connectivity index is 3.48. The average Bonchev–Trinajstić information content (AvgIpc) is 2.17. The van der Waals surface area contributed by atoms with Crippen LogP contribution in [-0.4, -0.2) is 37.5 Å². The number of nitrogens with zero attached hydrogens (tertiary/aromatic N) is 1. The van der Waals surface area contributed by atoms with E-state index in [0.717, 1.165) is 19.5 Å². The zero-order valence-electron chi connectivity index (χ0n) is 9.39. The summed E-state index contributed by atoms with van der Waals surface area (Å²) >= 11 is 0. The van der Waals surface area contributed by atoms with Crippen molar-refractivity contribution in [1.82, 2.24) is 10.2 Å². The zero-order chi connectivity index (χ0) is 10.8. The molecule has 3 nitrogen and oxygen atoms in total. The van der Waals surface area contributed by atoms with Crippen LogP contribution in [0.4, 0.5) is 0 Å². The second kappa shape index (κ2) is 8.58. The van der Waals surface area contributed by atoms with Crippen molar-refractivity contribution in [3.05, 3.63) is 0 Å². The molecule has 14 heavy (non-hydrogen) atoms. The molecule has 0 fully saturated rings. The van der Waals surface area contributed by atoms with E-state index in [2.05, 4.69) is 29.0 Å². The predicted molar refractivity (Wildman–Crippen MR) is 58.9 cm³/mol. The van der Waals surface area contributed by atoms with Crippen LogP contribution in [0.25, 0.3) is 0 Å². The third-order valence-electron chi connectivity index (χ3n) is 1.77. The Morgan fingerprint density at radius 3 is 2.64 bits per heavy atom. The molecule has 0 radical (unpaired) electrons. The van der Waals surface area contributed by atoms with Gasteiger partial charge in [0.25, 0.3) is 0 Å². The summed E-state index contributed by atoms with van der Waals surface area (Å²) in [6.07, 6.45) is 1.67. The molecule has 0 aliphatic carbocycles. The van der Waals surface area contributed by atoms with Gasteiger partial charge in [0.2, 0.25) is 5.91 Å². The Morgan fingerprint density at radius 2 is 2.07 bits per heavy atom. The summed E-state index contributed by atoms with van der Waals surface area (Å²) in [5.41, 5.74) is 0. The van der Waals surface area contributed by atoms with Crippen LogP contribution in [0.5, 0.6) is 0 Å². The SMILES string of the molecule is CCCN(C)CC#CCNC(=O)CC. The maximum absolute atomic E-state index is 10.8. The molecule has 0 rings (SSSR count). The van der Waals surface area contributed by atoms with Crippen molar-refractivity contribution in [2.75, 3.05) is 26.7 Å². The van der Waals surface area contributed by atoms with Crippen LogP contribution in [0.2, 0.25) is 0 Å². The van der Waals surface area contributed by atoms with Gasteiger partial charge in [0.15, 0.2) is 0 Å². The minimum Gasteiger partial charge on any atom is -0.345 e. The fourth-order valence-corrected chi connectivity index (χ4v) is 0.982. The smallest absolute Gasteiger partial charge is 0.220 e. The molecule has 0 aromatic carbocycles. The average molecular weight is 196 g/mol. The molecule has 0 unspecified atom stereocenters. The molecule has 0 saturated heterocycles. The number of carbonyl (C=O) groups excluding carboxylic acids is 1. The van der Waals surface area contributed by atoms with Crippen LogP contribution in [0.3, 0.4) is 0 Å². The fraction of sp³-hybridized carbons (Fsp3) is 0.727. The molecule has 3 heteroatoms. The Kier molecular flexibility index (Phi) is 7.96. The molecule has 0 heterocycles. The first kappa shape index (κ1) is 13.0. The summed E-state index contributed by atoms with van der Waals surface area (Å²) < 4.78 is 0. The molecule has 0 atom stereocenters. The van der Waals surface area contributed by atoms with E-state index in [-0.39, 0.29) is 5.91 Å². The third-order valence-corrected chi connectivity index (χ3v) is 1.77. The van der Waals surface area contributed by atoms with E-state index in [0.29, 0.717) is 13.0 Å². The summed E-state index contributed by atoms with van der Waals surface area (Å²) in [4.78, 5) is 13.0. The summed E-state index contributed by atoms with van der Waals surface area (Å²) in [5, 5.41) is 2.71. The van der Waals surface area contributed by atoms with Crippen molar-refractivity contribution in [1.29, 1.82) is 0 Å². The molecule has 1 N–H and O–H groups in total. The van der Waals surface area contributed by atoms with Crippen molar-refractivity contribution >= 4 is 5.91 Å². The van der Waals surface area contributed by atoms with Crippen LogP contribution in [-0.2, 0) is 4.79 Å². The van der Waals surface area contributed by atoms with Gasteiger partial charge in [0.05, 0.1) is 13.1 Å². The quantitative estimate of drug-likeness (QED) is 0.661. The monoisotopic (exact) mass is 196 g/mol. The fourth-order valence-electron chi connectivity index (χ4n) is 0.982. The van der Waals surface area contributed by atoms with Crippen molar-refractivity contribution in [2.45, 2.75) is 26.7 Å². The van der Waals surface area contributed by atoms with Crippen LogP contribution in [0.15, 0.2) is 0 Å². The second-order valence-electron chi connectivity index (χ2n) is 3.22. The molecule has 0 spiro atoms. The lowest BCUT2D eigenvalue weighted by Crippen LogP contribution is -2.23. The molecule has 0 aliphatic heterocycles. The second-order valence-corrected chi connectivity index (χ2v) is 3.22. The number of hydrogen-bond donors (Lipinski definition) is 1. The highest BCUT2D eigenvalue weighted by Gasteiger charge is 1.92.